The van der Waals surface area contributed by atoms with Gasteiger partial charge in [0.15, 0.2) is 0 Å². The highest BCUT2D eigenvalue weighted by molar-refractivity contribution is 5.46. The highest BCUT2D eigenvalue weighted by Crippen LogP contribution is 2.38. The van der Waals surface area contributed by atoms with Crippen LogP contribution in [0.1, 0.15) is 93.4 Å². The normalized spacial score (nSPS) is 18.3. The lowest BCUT2D eigenvalue weighted by Gasteiger charge is -2.29. The molecule has 0 atom stereocenters. The van der Waals surface area contributed by atoms with E-state index in [4.69, 9.17) is 0 Å². The molecule has 1 fully saturated rings. The van der Waals surface area contributed by atoms with Gasteiger partial charge in [0.25, 0.3) is 0 Å². The Hall–Kier alpha value is -2.51. The van der Waals surface area contributed by atoms with Crippen LogP contribution in [0.3, 0.4) is 0 Å². The summed E-state index contributed by atoms with van der Waals surface area (Å²) in [6.45, 7) is 4.08. The van der Waals surface area contributed by atoms with Gasteiger partial charge in [0, 0.05) is 11.1 Å². The van der Waals surface area contributed by atoms with Crippen molar-refractivity contribution in [2.75, 3.05) is 0 Å². The molecule has 1 aliphatic carbocycles. The number of rotatable bonds is 5. The first-order chi connectivity index (χ1) is 14.2. The minimum Gasteiger partial charge on any atom is -0.206 e. The summed E-state index contributed by atoms with van der Waals surface area (Å²) >= 11 is 0. The minimum absolute atomic E-state index is 0.200. The van der Waals surface area contributed by atoms with Crippen LogP contribution in [0, 0.1) is 35.4 Å². The van der Waals surface area contributed by atoms with Gasteiger partial charge in [-0.1, -0.05) is 56.4 Å². The van der Waals surface area contributed by atoms with Crippen LogP contribution in [0.5, 0.6) is 0 Å². The fourth-order valence-corrected chi connectivity index (χ4v) is 4.27. The lowest BCUT2D eigenvalue weighted by molar-refractivity contribution is 0.302. The maximum atomic E-state index is 14.6. The van der Waals surface area contributed by atoms with E-state index in [1.54, 1.807) is 6.07 Å². The SMILES string of the molecule is CC#Cc1ccc(C#Cc2ccc(C3CCC(CCCCC)CC3)cc2F)cc1. The molecular formula is C28H31F. The maximum absolute atomic E-state index is 14.6. The molecule has 0 radical (unpaired) electrons. The van der Waals surface area contributed by atoms with Gasteiger partial charge in [0.1, 0.15) is 5.82 Å². The third-order valence-electron chi connectivity index (χ3n) is 6.02. The molecule has 1 heteroatoms. The van der Waals surface area contributed by atoms with Gasteiger partial charge >= 0.3 is 0 Å². The van der Waals surface area contributed by atoms with Crippen LogP contribution in [0.25, 0.3) is 0 Å². The van der Waals surface area contributed by atoms with E-state index in [9.17, 15) is 4.39 Å². The van der Waals surface area contributed by atoms with Crippen molar-refractivity contribution in [3.63, 3.8) is 0 Å². The quantitative estimate of drug-likeness (QED) is 0.370. The second-order valence-corrected chi connectivity index (χ2v) is 8.16. The molecule has 0 aliphatic heterocycles. The molecule has 0 amide bonds. The first-order valence-electron chi connectivity index (χ1n) is 11.0. The second-order valence-electron chi connectivity index (χ2n) is 8.16. The summed E-state index contributed by atoms with van der Waals surface area (Å²) in [5.41, 5.74) is 3.45. The predicted molar refractivity (Wildman–Crippen MR) is 120 cm³/mol. The minimum atomic E-state index is -0.200. The van der Waals surface area contributed by atoms with E-state index in [2.05, 4.69) is 36.7 Å². The molecule has 0 aromatic heterocycles. The van der Waals surface area contributed by atoms with E-state index in [-0.39, 0.29) is 5.82 Å². The lowest BCUT2D eigenvalue weighted by Crippen LogP contribution is -2.13. The number of unbranched alkanes of at least 4 members (excludes halogenated alkanes) is 2. The van der Waals surface area contributed by atoms with Crippen molar-refractivity contribution in [1.29, 1.82) is 0 Å². The van der Waals surface area contributed by atoms with E-state index >= 15 is 0 Å². The molecule has 2 aromatic rings. The Labute approximate surface area is 175 Å². The van der Waals surface area contributed by atoms with Gasteiger partial charge in [-0.15, -0.1) is 5.92 Å². The Kier molecular flexibility index (Phi) is 7.95. The highest BCUT2D eigenvalue weighted by atomic mass is 19.1. The van der Waals surface area contributed by atoms with Crippen molar-refractivity contribution in [2.45, 2.75) is 71.1 Å². The third-order valence-corrected chi connectivity index (χ3v) is 6.02. The first kappa shape index (κ1) is 21.2. The molecular weight excluding hydrogens is 355 g/mol. The van der Waals surface area contributed by atoms with Crippen molar-refractivity contribution in [2.24, 2.45) is 5.92 Å². The Balaban J connectivity index is 1.60. The van der Waals surface area contributed by atoms with Crippen LogP contribution in [0.15, 0.2) is 42.5 Å². The Morgan fingerprint density at radius 2 is 1.55 bits per heavy atom. The molecule has 0 N–H and O–H groups in total. The van der Waals surface area contributed by atoms with Gasteiger partial charge in [0.2, 0.25) is 0 Å². The monoisotopic (exact) mass is 386 g/mol. The zero-order valence-corrected chi connectivity index (χ0v) is 17.7. The van der Waals surface area contributed by atoms with Crippen LogP contribution in [-0.4, -0.2) is 0 Å². The van der Waals surface area contributed by atoms with Gasteiger partial charge in [0.05, 0.1) is 5.56 Å². The molecule has 3 rings (SSSR count). The van der Waals surface area contributed by atoms with Gasteiger partial charge in [-0.05, 0) is 86.4 Å². The lowest BCUT2D eigenvalue weighted by atomic mass is 9.77. The van der Waals surface area contributed by atoms with Crippen LogP contribution in [0.2, 0.25) is 0 Å². The average molecular weight is 387 g/mol. The van der Waals surface area contributed by atoms with E-state index in [1.165, 1.54) is 51.4 Å². The average Bonchev–Trinajstić information content (AvgIpc) is 2.75. The highest BCUT2D eigenvalue weighted by Gasteiger charge is 2.22. The van der Waals surface area contributed by atoms with Crippen LogP contribution < -0.4 is 0 Å². The number of halogens is 1. The smallest absolute Gasteiger partial charge is 0.139 e. The Morgan fingerprint density at radius 3 is 2.17 bits per heavy atom. The molecule has 0 unspecified atom stereocenters. The molecule has 0 heterocycles. The van der Waals surface area contributed by atoms with Crippen molar-refractivity contribution in [3.05, 3.63) is 70.5 Å². The fourth-order valence-electron chi connectivity index (χ4n) is 4.27. The summed E-state index contributed by atoms with van der Waals surface area (Å²) in [4.78, 5) is 0. The van der Waals surface area contributed by atoms with E-state index in [0.29, 0.717) is 11.5 Å². The largest absolute Gasteiger partial charge is 0.206 e. The summed E-state index contributed by atoms with van der Waals surface area (Å²) in [5.74, 6) is 13.1. The van der Waals surface area contributed by atoms with Crippen LogP contribution in [0.4, 0.5) is 4.39 Å². The molecule has 29 heavy (non-hydrogen) atoms. The topological polar surface area (TPSA) is 0 Å². The predicted octanol–water partition coefficient (Wildman–Crippen LogP) is 7.45. The molecule has 0 bridgehead atoms. The first-order valence-corrected chi connectivity index (χ1v) is 11.0. The molecule has 1 saturated carbocycles. The van der Waals surface area contributed by atoms with Crippen molar-refractivity contribution < 1.29 is 4.39 Å². The second kappa shape index (κ2) is 10.9. The summed E-state index contributed by atoms with van der Waals surface area (Å²) in [5, 5.41) is 0. The molecule has 0 saturated heterocycles. The zero-order valence-electron chi connectivity index (χ0n) is 17.7. The molecule has 0 nitrogen and oxygen atoms in total. The van der Waals surface area contributed by atoms with E-state index < -0.39 is 0 Å². The van der Waals surface area contributed by atoms with E-state index in [0.717, 1.165) is 22.6 Å². The van der Waals surface area contributed by atoms with Crippen molar-refractivity contribution in [1.82, 2.24) is 0 Å². The van der Waals surface area contributed by atoms with Gasteiger partial charge in [-0.2, -0.15) is 0 Å². The van der Waals surface area contributed by atoms with Gasteiger partial charge < -0.3 is 0 Å². The zero-order chi connectivity index (χ0) is 20.5. The summed E-state index contributed by atoms with van der Waals surface area (Å²) in [7, 11) is 0. The van der Waals surface area contributed by atoms with Gasteiger partial charge in [-0.3, -0.25) is 0 Å². The van der Waals surface area contributed by atoms with E-state index in [1.807, 2.05) is 37.3 Å². The maximum Gasteiger partial charge on any atom is 0.139 e. The molecule has 1 aliphatic rings. The molecule has 0 spiro atoms. The standard InChI is InChI=1S/C28H31F/c1-3-5-6-8-23-13-16-25(17-14-23)27-20-19-26(28(29)21-27)18-15-24-11-9-22(7-4-2)10-12-24/h9-12,19-21,23,25H,3,5-6,8,13-14,16-17H2,1-2H3. The summed E-state index contributed by atoms with van der Waals surface area (Å²) in [6, 6.07) is 13.4. The van der Waals surface area contributed by atoms with Crippen LogP contribution >= 0.6 is 0 Å². The van der Waals surface area contributed by atoms with Crippen molar-refractivity contribution >= 4 is 0 Å². The number of benzene rings is 2. The van der Waals surface area contributed by atoms with Crippen molar-refractivity contribution in [3.8, 4) is 23.7 Å². The number of hydrogen-bond donors (Lipinski definition) is 0. The Bertz CT molecular complexity index is 907. The van der Waals surface area contributed by atoms with Crippen LogP contribution in [-0.2, 0) is 0 Å². The number of hydrogen-bond acceptors (Lipinski definition) is 0. The summed E-state index contributed by atoms with van der Waals surface area (Å²) < 4.78 is 14.6. The molecule has 150 valence electrons. The van der Waals surface area contributed by atoms with Gasteiger partial charge in [-0.25, -0.2) is 4.39 Å². The third kappa shape index (κ3) is 6.24. The summed E-state index contributed by atoms with van der Waals surface area (Å²) in [6.07, 6.45) is 10.3. The Morgan fingerprint density at radius 1 is 0.862 bits per heavy atom. The molecule has 2 aromatic carbocycles. The fraction of sp³-hybridized carbons (Fsp3) is 0.429.